The smallest absolute Gasteiger partial charge is 0.244 e. The zero-order chi connectivity index (χ0) is 15.0. The van der Waals surface area contributed by atoms with Gasteiger partial charge in [-0.3, -0.25) is 4.90 Å². The Labute approximate surface area is 126 Å². The van der Waals surface area contributed by atoms with Crippen LogP contribution >= 0.6 is 0 Å². The first-order chi connectivity index (χ1) is 10.1. The molecule has 0 amide bonds. The number of nitrogens with zero attached hydrogens (tertiary/aromatic N) is 3. The quantitative estimate of drug-likeness (QED) is 0.856. The Kier molecular flexibility index (Phi) is 4.09. The first-order valence-electron chi connectivity index (χ1n) is 7.69. The normalized spacial score (nSPS) is 21.8. The van der Waals surface area contributed by atoms with Crippen molar-refractivity contribution in [1.29, 1.82) is 0 Å². The lowest BCUT2D eigenvalue weighted by Crippen LogP contribution is -2.49. The first kappa shape index (κ1) is 15.0. The molecule has 2 heterocycles. The monoisotopic (exact) mass is 312 g/mol. The fourth-order valence-electron chi connectivity index (χ4n) is 3.03. The van der Waals surface area contributed by atoms with Crippen molar-refractivity contribution in [3.05, 3.63) is 18.0 Å². The fraction of sp³-hybridized carbons (Fsp3) is 0.714. The van der Waals surface area contributed by atoms with Crippen LogP contribution in [-0.2, 0) is 23.1 Å². The average molecular weight is 312 g/mol. The largest absolute Gasteiger partial charge is 0.349 e. The molecule has 1 aliphatic heterocycles. The summed E-state index contributed by atoms with van der Waals surface area (Å²) in [4.78, 5) is 2.79. The topological polar surface area (TPSA) is 71.6 Å². The van der Waals surface area contributed by atoms with Gasteiger partial charge in [0, 0.05) is 57.2 Å². The molecule has 1 aromatic rings. The molecule has 1 aromatic heterocycles. The summed E-state index contributed by atoms with van der Waals surface area (Å²) in [6.07, 6.45) is 4.25. The molecule has 0 atom stereocenters. The van der Waals surface area contributed by atoms with E-state index in [1.54, 1.807) is 16.6 Å². The molecule has 6 nitrogen and oxygen atoms in total. The van der Waals surface area contributed by atoms with E-state index in [0.717, 1.165) is 25.3 Å². The van der Waals surface area contributed by atoms with Crippen molar-refractivity contribution in [2.45, 2.75) is 43.8 Å². The standard InChI is InChI=1S/C14H24N4O2S/c1-2-16-11-14(9-13(16)10-15)21(19,20)18-7-5-17(6-8-18)12-3-4-12/h9,11-12H,2-8,10,15H2,1H3. The summed E-state index contributed by atoms with van der Waals surface area (Å²) in [5.74, 6) is 0. The molecule has 0 unspecified atom stereocenters. The van der Waals surface area contributed by atoms with Gasteiger partial charge >= 0.3 is 0 Å². The van der Waals surface area contributed by atoms with Crippen molar-refractivity contribution in [3.63, 3.8) is 0 Å². The highest BCUT2D eigenvalue weighted by Crippen LogP contribution is 2.28. The van der Waals surface area contributed by atoms with Gasteiger partial charge in [0.2, 0.25) is 10.0 Å². The molecular weight excluding hydrogens is 288 g/mol. The summed E-state index contributed by atoms with van der Waals surface area (Å²) >= 11 is 0. The minimum Gasteiger partial charge on any atom is -0.349 e. The van der Waals surface area contributed by atoms with Crippen LogP contribution in [0.25, 0.3) is 0 Å². The van der Waals surface area contributed by atoms with E-state index in [-0.39, 0.29) is 0 Å². The van der Waals surface area contributed by atoms with Crippen LogP contribution in [0, 0.1) is 0 Å². The van der Waals surface area contributed by atoms with Gasteiger partial charge in [-0.2, -0.15) is 4.31 Å². The molecule has 1 saturated carbocycles. The Bertz CT molecular complexity index is 577. The molecule has 0 radical (unpaired) electrons. The molecule has 7 heteroatoms. The molecule has 2 N–H and O–H groups in total. The Balaban J connectivity index is 1.75. The van der Waals surface area contributed by atoms with E-state index in [9.17, 15) is 8.42 Å². The predicted molar refractivity (Wildman–Crippen MR) is 81.4 cm³/mol. The zero-order valence-corrected chi connectivity index (χ0v) is 13.3. The second-order valence-electron chi connectivity index (χ2n) is 5.83. The lowest BCUT2D eigenvalue weighted by Gasteiger charge is -2.33. The SMILES string of the molecule is CCn1cc(S(=O)(=O)N2CCN(C3CC3)CC2)cc1CN. The maximum Gasteiger partial charge on any atom is 0.244 e. The molecule has 0 bridgehead atoms. The minimum atomic E-state index is -3.38. The number of hydrogen-bond donors (Lipinski definition) is 1. The maximum atomic E-state index is 12.7. The zero-order valence-electron chi connectivity index (χ0n) is 12.5. The molecule has 2 fully saturated rings. The van der Waals surface area contributed by atoms with Gasteiger partial charge in [0.25, 0.3) is 0 Å². The van der Waals surface area contributed by atoms with Gasteiger partial charge in [0.1, 0.15) is 4.90 Å². The summed E-state index contributed by atoms with van der Waals surface area (Å²) in [6, 6.07) is 2.42. The van der Waals surface area contributed by atoms with Crippen molar-refractivity contribution in [3.8, 4) is 0 Å². The van der Waals surface area contributed by atoms with Gasteiger partial charge in [-0.05, 0) is 25.8 Å². The number of piperazine rings is 1. The molecular formula is C14H24N4O2S. The number of nitrogens with two attached hydrogens (primary N) is 1. The Morgan fingerprint density at radius 2 is 1.90 bits per heavy atom. The van der Waals surface area contributed by atoms with E-state index in [4.69, 9.17) is 5.73 Å². The van der Waals surface area contributed by atoms with Gasteiger partial charge in [-0.15, -0.1) is 0 Å². The molecule has 2 aliphatic rings. The average Bonchev–Trinajstić information content (AvgIpc) is 3.26. The number of aryl methyl sites for hydroxylation is 1. The molecule has 1 aliphatic carbocycles. The van der Waals surface area contributed by atoms with E-state index in [0.29, 0.717) is 30.6 Å². The van der Waals surface area contributed by atoms with Gasteiger partial charge in [0.15, 0.2) is 0 Å². The van der Waals surface area contributed by atoms with Crippen LogP contribution in [-0.4, -0.2) is 54.4 Å². The van der Waals surface area contributed by atoms with Crippen molar-refractivity contribution in [2.75, 3.05) is 26.2 Å². The number of rotatable bonds is 5. The van der Waals surface area contributed by atoms with Crippen LogP contribution in [0.1, 0.15) is 25.5 Å². The first-order valence-corrected chi connectivity index (χ1v) is 9.13. The molecule has 0 aromatic carbocycles. The number of hydrogen-bond acceptors (Lipinski definition) is 4. The predicted octanol–water partition coefficient (Wildman–Crippen LogP) is 0.435. The molecule has 1 saturated heterocycles. The van der Waals surface area contributed by atoms with Gasteiger partial charge in [0.05, 0.1) is 0 Å². The van der Waals surface area contributed by atoms with Gasteiger partial charge < -0.3 is 10.3 Å². The van der Waals surface area contributed by atoms with Crippen LogP contribution in [0.5, 0.6) is 0 Å². The van der Waals surface area contributed by atoms with Crippen molar-refractivity contribution in [1.82, 2.24) is 13.8 Å². The summed E-state index contributed by atoms with van der Waals surface area (Å²) < 4.78 is 29.0. The minimum absolute atomic E-state index is 0.360. The highest BCUT2D eigenvalue weighted by atomic mass is 32.2. The third-order valence-corrected chi connectivity index (χ3v) is 6.35. The highest BCUT2D eigenvalue weighted by molar-refractivity contribution is 7.89. The van der Waals surface area contributed by atoms with Crippen molar-refractivity contribution in [2.24, 2.45) is 5.73 Å². The molecule has 118 valence electrons. The lowest BCUT2D eigenvalue weighted by atomic mass is 10.3. The molecule has 3 rings (SSSR count). The molecule has 0 spiro atoms. The number of sulfonamides is 1. The summed E-state index contributed by atoms with van der Waals surface area (Å²) in [5, 5.41) is 0. The second kappa shape index (κ2) is 5.72. The van der Waals surface area contributed by atoms with Gasteiger partial charge in [-0.1, -0.05) is 0 Å². The Hall–Kier alpha value is -0.890. The van der Waals surface area contributed by atoms with Gasteiger partial charge in [-0.25, -0.2) is 8.42 Å². The van der Waals surface area contributed by atoms with E-state index < -0.39 is 10.0 Å². The van der Waals surface area contributed by atoms with Crippen LogP contribution in [0.2, 0.25) is 0 Å². The Morgan fingerprint density at radius 1 is 1.24 bits per heavy atom. The summed E-state index contributed by atoms with van der Waals surface area (Å²) in [6.45, 7) is 5.97. The third-order valence-electron chi connectivity index (χ3n) is 4.48. The van der Waals surface area contributed by atoms with Crippen LogP contribution in [0.3, 0.4) is 0 Å². The maximum absolute atomic E-state index is 12.7. The van der Waals surface area contributed by atoms with E-state index in [2.05, 4.69) is 4.90 Å². The number of aromatic nitrogens is 1. The van der Waals surface area contributed by atoms with E-state index in [1.807, 2.05) is 11.5 Å². The van der Waals surface area contributed by atoms with Crippen molar-refractivity contribution < 1.29 is 8.42 Å². The summed E-state index contributed by atoms with van der Waals surface area (Å²) in [7, 11) is -3.38. The van der Waals surface area contributed by atoms with E-state index in [1.165, 1.54) is 12.8 Å². The molecule has 21 heavy (non-hydrogen) atoms. The second-order valence-corrected chi connectivity index (χ2v) is 7.77. The van der Waals surface area contributed by atoms with E-state index >= 15 is 0 Å². The van der Waals surface area contributed by atoms with Crippen molar-refractivity contribution >= 4 is 10.0 Å². The fourth-order valence-corrected chi connectivity index (χ4v) is 4.52. The highest BCUT2D eigenvalue weighted by Gasteiger charge is 2.35. The summed E-state index contributed by atoms with van der Waals surface area (Å²) in [5.41, 5.74) is 6.55. The van der Waals surface area contributed by atoms with Crippen LogP contribution in [0.15, 0.2) is 17.2 Å². The van der Waals surface area contributed by atoms with Crippen LogP contribution in [0.4, 0.5) is 0 Å². The van der Waals surface area contributed by atoms with Crippen LogP contribution < -0.4 is 5.73 Å². The lowest BCUT2D eigenvalue weighted by molar-refractivity contribution is 0.180. The third kappa shape index (κ3) is 2.88. The Morgan fingerprint density at radius 3 is 2.38 bits per heavy atom.